The van der Waals surface area contributed by atoms with E-state index < -0.39 is 0 Å². The zero-order chi connectivity index (χ0) is 13.9. The predicted octanol–water partition coefficient (Wildman–Crippen LogP) is 3.56. The largest absolute Gasteiger partial charge is 0.309 e. The normalized spacial score (nSPS) is 18.9. The maximum Gasteiger partial charge on any atom is 0.265 e. The van der Waals surface area contributed by atoms with Crippen LogP contribution in [-0.4, -0.2) is 27.2 Å². The lowest BCUT2D eigenvalue weighted by molar-refractivity contribution is 0.903. The molecule has 1 N–H and O–H groups in total. The fourth-order valence-corrected chi connectivity index (χ4v) is 5.25. The maximum atomic E-state index is 12.2. The average Bonchev–Trinajstić information content (AvgIpc) is 2.51. The number of halogens is 1. The Morgan fingerprint density at radius 2 is 2.05 bits per heavy atom. The zero-order valence-electron chi connectivity index (χ0n) is 10.6. The Bertz CT molecular complexity index is 654. The molecule has 0 aliphatic carbocycles. The summed E-state index contributed by atoms with van der Waals surface area (Å²) in [5, 5.41) is 0.293. The van der Waals surface area contributed by atoms with E-state index in [-0.39, 0.29) is 5.56 Å². The highest BCUT2D eigenvalue weighted by atomic mass is 127. The summed E-state index contributed by atoms with van der Waals surface area (Å²) in [7, 11) is 0. The Labute approximate surface area is 139 Å². The molecular formula is C14H13IN2OS2. The smallest absolute Gasteiger partial charge is 0.265 e. The lowest BCUT2D eigenvalue weighted by Crippen LogP contribution is -2.20. The van der Waals surface area contributed by atoms with Crippen molar-refractivity contribution in [1.29, 1.82) is 0 Å². The molecule has 2 heterocycles. The molecule has 1 saturated heterocycles. The van der Waals surface area contributed by atoms with Crippen LogP contribution in [0.25, 0.3) is 11.3 Å². The van der Waals surface area contributed by atoms with Crippen LogP contribution in [0, 0.1) is 3.57 Å². The van der Waals surface area contributed by atoms with Crippen molar-refractivity contribution < 1.29 is 0 Å². The van der Waals surface area contributed by atoms with Gasteiger partial charge in [-0.25, -0.2) is 4.98 Å². The van der Waals surface area contributed by atoms with Gasteiger partial charge in [0.05, 0.1) is 10.9 Å². The van der Waals surface area contributed by atoms with E-state index in [2.05, 4.69) is 27.6 Å². The van der Waals surface area contributed by atoms with Gasteiger partial charge in [0.25, 0.3) is 5.56 Å². The molecule has 1 atom stereocenters. The molecule has 6 heteroatoms. The second-order valence-electron chi connectivity index (χ2n) is 4.41. The number of nitrogens with zero attached hydrogens (tertiary/aromatic N) is 1. The lowest BCUT2D eigenvalue weighted by Gasteiger charge is -2.20. The molecule has 0 spiro atoms. The number of benzene rings is 1. The Kier molecular flexibility index (Phi) is 4.72. The van der Waals surface area contributed by atoms with Gasteiger partial charge in [-0.15, -0.1) is 11.8 Å². The minimum Gasteiger partial charge on any atom is -0.309 e. The van der Waals surface area contributed by atoms with Gasteiger partial charge in [0.1, 0.15) is 9.39 Å². The molecule has 1 aromatic carbocycles. The van der Waals surface area contributed by atoms with E-state index in [9.17, 15) is 4.79 Å². The van der Waals surface area contributed by atoms with Gasteiger partial charge in [-0.05, 0) is 22.6 Å². The highest BCUT2D eigenvalue weighted by Gasteiger charge is 2.21. The number of hydrogen-bond acceptors (Lipinski definition) is 4. The van der Waals surface area contributed by atoms with Gasteiger partial charge in [-0.1, -0.05) is 30.3 Å². The molecule has 1 aromatic heterocycles. The summed E-state index contributed by atoms with van der Waals surface area (Å²) in [6.07, 6.45) is 0. The number of thioether (sulfide) groups is 2. The second kappa shape index (κ2) is 6.53. The fraction of sp³-hybridized carbons (Fsp3) is 0.286. The van der Waals surface area contributed by atoms with Crippen LogP contribution >= 0.6 is 46.1 Å². The predicted molar refractivity (Wildman–Crippen MR) is 95.5 cm³/mol. The van der Waals surface area contributed by atoms with Crippen LogP contribution in [0.5, 0.6) is 0 Å². The molecule has 0 radical (unpaired) electrons. The molecule has 1 fully saturated rings. The minimum atomic E-state index is -0.0365. The molecular weight excluding hydrogens is 403 g/mol. The van der Waals surface area contributed by atoms with E-state index in [1.54, 1.807) is 0 Å². The monoisotopic (exact) mass is 416 g/mol. The summed E-state index contributed by atoms with van der Waals surface area (Å²) >= 11 is 5.88. The first-order chi connectivity index (χ1) is 9.75. The van der Waals surface area contributed by atoms with Crippen molar-refractivity contribution >= 4 is 46.1 Å². The third-order valence-electron chi connectivity index (χ3n) is 3.05. The van der Waals surface area contributed by atoms with Crippen LogP contribution in [0.15, 0.2) is 35.1 Å². The molecule has 3 rings (SSSR count). The standard InChI is InChI=1S/C14H13IN2OS2/c15-11-12(9-4-2-1-3-5-9)16-13(17-14(11)18)10-8-19-6-7-20-10/h1-5,10H,6-8H2,(H,16,17,18). The van der Waals surface area contributed by atoms with Crippen molar-refractivity contribution in [3.8, 4) is 11.3 Å². The van der Waals surface area contributed by atoms with Crippen LogP contribution in [0.3, 0.4) is 0 Å². The van der Waals surface area contributed by atoms with Crippen molar-refractivity contribution in [3.05, 3.63) is 50.1 Å². The Morgan fingerprint density at radius 3 is 2.75 bits per heavy atom. The van der Waals surface area contributed by atoms with E-state index in [1.165, 1.54) is 5.75 Å². The van der Waals surface area contributed by atoms with E-state index in [4.69, 9.17) is 4.98 Å². The molecule has 20 heavy (non-hydrogen) atoms. The van der Waals surface area contributed by atoms with E-state index in [0.29, 0.717) is 8.82 Å². The molecule has 1 unspecified atom stereocenters. The summed E-state index contributed by atoms with van der Waals surface area (Å²) in [6, 6.07) is 9.91. The molecule has 3 nitrogen and oxygen atoms in total. The van der Waals surface area contributed by atoms with Gasteiger partial charge in [0, 0.05) is 22.8 Å². The first-order valence-electron chi connectivity index (χ1n) is 6.30. The average molecular weight is 416 g/mol. The van der Waals surface area contributed by atoms with Gasteiger partial charge in [0.15, 0.2) is 0 Å². The molecule has 1 aliphatic rings. The summed E-state index contributed by atoms with van der Waals surface area (Å²) in [5.41, 5.74) is 1.75. The summed E-state index contributed by atoms with van der Waals surface area (Å²) in [4.78, 5) is 19.8. The first kappa shape index (κ1) is 14.5. The number of aromatic amines is 1. The highest BCUT2D eigenvalue weighted by Crippen LogP contribution is 2.35. The molecule has 104 valence electrons. The molecule has 0 amide bonds. The van der Waals surface area contributed by atoms with Crippen LogP contribution in [0.2, 0.25) is 0 Å². The number of hydrogen-bond donors (Lipinski definition) is 1. The number of aromatic nitrogens is 2. The van der Waals surface area contributed by atoms with Crippen LogP contribution < -0.4 is 5.56 Å². The highest BCUT2D eigenvalue weighted by molar-refractivity contribution is 14.1. The zero-order valence-corrected chi connectivity index (χ0v) is 14.4. The van der Waals surface area contributed by atoms with E-state index in [0.717, 1.165) is 28.6 Å². The Balaban J connectivity index is 2.06. The Morgan fingerprint density at radius 1 is 1.25 bits per heavy atom. The third-order valence-corrected chi connectivity index (χ3v) is 6.81. The van der Waals surface area contributed by atoms with Crippen molar-refractivity contribution in [2.75, 3.05) is 17.3 Å². The number of nitrogens with one attached hydrogen (secondary N) is 1. The van der Waals surface area contributed by atoms with E-state index in [1.807, 2.05) is 53.9 Å². The van der Waals surface area contributed by atoms with Crippen molar-refractivity contribution in [3.63, 3.8) is 0 Å². The van der Waals surface area contributed by atoms with Gasteiger partial charge < -0.3 is 4.98 Å². The van der Waals surface area contributed by atoms with E-state index >= 15 is 0 Å². The molecule has 0 bridgehead atoms. The van der Waals surface area contributed by atoms with Crippen molar-refractivity contribution in [2.24, 2.45) is 0 Å². The van der Waals surface area contributed by atoms with Gasteiger partial charge in [-0.2, -0.15) is 11.8 Å². The van der Waals surface area contributed by atoms with Crippen molar-refractivity contribution in [1.82, 2.24) is 9.97 Å². The molecule has 2 aromatic rings. The summed E-state index contributed by atoms with van der Waals surface area (Å²) < 4.78 is 0.658. The second-order valence-corrected chi connectivity index (χ2v) is 7.95. The lowest BCUT2D eigenvalue weighted by atomic mass is 10.1. The van der Waals surface area contributed by atoms with Crippen LogP contribution in [-0.2, 0) is 0 Å². The SMILES string of the molecule is O=c1[nH]c(C2CSCCS2)nc(-c2ccccc2)c1I. The molecule has 0 saturated carbocycles. The third kappa shape index (κ3) is 3.07. The molecule has 1 aliphatic heterocycles. The number of rotatable bonds is 2. The minimum absolute atomic E-state index is 0.0365. The Hall–Kier alpha value is -0.470. The van der Waals surface area contributed by atoms with Crippen LogP contribution in [0.4, 0.5) is 0 Å². The topological polar surface area (TPSA) is 45.8 Å². The summed E-state index contributed by atoms with van der Waals surface area (Å²) in [5.74, 6) is 4.13. The fourth-order valence-electron chi connectivity index (χ4n) is 2.06. The van der Waals surface area contributed by atoms with Gasteiger partial charge in [0.2, 0.25) is 0 Å². The number of H-pyrrole nitrogens is 1. The van der Waals surface area contributed by atoms with Crippen LogP contribution in [0.1, 0.15) is 11.1 Å². The first-order valence-corrected chi connectivity index (χ1v) is 9.58. The van der Waals surface area contributed by atoms with Gasteiger partial charge in [-0.3, -0.25) is 4.79 Å². The maximum absolute atomic E-state index is 12.2. The van der Waals surface area contributed by atoms with Gasteiger partial charge >= 0.3 is 0 Å². The summed E-state index contributed by atoms with van der Waals surface area (Å²) in [6.45, 7) is 0. The quantitative estimate of drug-likeness (QED) is 0.761. The van der Waals surface area contributed by atoms with Crippen molar-refractivity contribution in [2.45, 2.75) is 5.25 Å².